The quantitative estimate of drug-likeness (QED) is 0.696. The Morgan fingerprint density at radius 1 is 1.47 bits per heavy atom. The van der Waals surface area contributed by atoms with E-state index in [-0.39, 0.29) is 0 Å². The van der Waals surface area contributed by atoms with Crippen LogP contribution in [0.4, 0.5) is 0 Å². The summed E-state index contributed by atoms with van der Waals surface area (Å²) in [7, 11) is 0. The molecule has 3 nitrogen and oxygen atoms in total. The summed E-state index contributed by atoms with van der Waals surface area (Å²) in [6.45, 7) is 4.10. The summed E-state index contributed by atoms with van der Waals surface area (Å²) in [5, 5.41) is 11.8. The molecule has 1 atom stereocenters. The second-order valence-electron chi connectivity index (χ2n) is 3.28. The average Bonchev–Trinajstić information content (AvgIpc) is 2.25. The predicted octanol–water partition coefficient (Wildman–Crippen LogP) is 1.81. The van der Waals surface area contributed by atoms with Crippen LogP contribution in [0.15, 0.2) is 43.0 Å². The van der Waals surface area contributed by atoms with Crippen molar-refractivity contribution < 1.29 is 9.90 Å². The summed E-state index contributed by atoms with van der Waals surface area (Å²) in [5.74, 6) is -0.842. The first-order valence-corrected chi connectivity index (χ1v) is 4.85. The van der Waals surface area contributed by atoms with E-state index >= 15 is 0 Å². The highest BCUT2D eigenvalue weighted by Crippen LogP contribution is 2.00. The Bertz CT molecular complexity index is 322. The third-order valence-electron chi connectivity index (χ3n) is 2.10. The molecule has 0 radical (unpaired) electrons. The molecule has 0 aliphatic rings. The van der Waals surface area contributed by atoms with E-state index in [2.05, 4.69) is 11.9 Å². The Morgan fingerprint density at radius 2 is 2.13 bits per heavy atom. The number of aliphatic carboxylic acids is 1. The highest BCUT2D eigenvalue weighted by atomic mass is 16.4. The van der Waals surface area contributed by atoms with Gasteiger partial charge in [0.05, 0.1) is 0 Å². The van der Waals surface area contributed by atoms with E-state index in [4.69, 9.17) is 5.11 Å². The fraction of sp³-hybridized carbons (Fsp3) is 0.250. The van der Waals surface area contributed by atoms with E-state index in [0.717, 1.165) is 5.56 Å². The Hall–Kier alpha value is -1.61. The largest absolute Gasteiger partial charge is 0.480 e. The number of carboxylic acids is 1. The Morgan fingerprint density at radius 3 is 2.67 bits per heavy atom. The van der Waals surface area contributed by atoms with Crippen molar-refractivity contribution in [3.8, 4) is 0 Å². The molecule has 0 heterocycles. The zero-order valence-corrected chi connectivity index (χ0v) is 8.52. The Balaban J connectivity index is 2.47. The molecule has 0 aliphatic heterocycles. The molecule has 0 aromatic heterocycles. The minimum absolute atomic E-state index is 0.433. The molecular formula is C12H15NO2. The van der Waals surface area contributed by atoms with E-state index < -0.39 is 12.0 Å². The summed E-state index contributed by atoms with van der Waals surface area (Å²) in [5.41, 5.74) is 1.08. The van der Waals surface area contributed by atoms with E-state index in [9.17, 15) is 4.79 Å². The molecule has 80 valence electrons. The molecule has 0 saturated heterocycles. The van der Waals surface area contributed by atoms with Crippen molar-refractivity contribution in [3.63, 3.8) is 0 Å². The zero-order valence-electron chi connectivity index (χ0n) is 8.52. The topological polar surface area (TPSA) is 49.3 Å². The lowest BCUT2D eigenvalue weighted by molar-refractivity contribution is -0.139. The molecule has 2 N–H and O–H groups in total. The summed E-state index contributed by atoms with van der Waals surface area (Å²) in [4.78, 5) is 10.8. The van der Waals surface area contributed by atoms with Gasteiger partial charge >= 0.3 is 5.97 Å². The van der Waals surface area contributed by atoms with Gasteiger partial charge in [0, 0.05) is 6.54 Å². The standard InChI is InChI=1S/C12H15NO2/c1-2-6-11(12(14)15)13-9-10-7-4-3-5-8-10/h2-5,7-8,11,13H,1,6,9H2,(H,14,15)/t11-/m0/s1. The molecule has 1 aromatic carbocycles. The number of hydrogen-bond donors (Lipinski definition) is 2. The monoisotopic (exact) mass is 205 g/mol. The number of hydrogen-bond acceptors (Lipinski definition) is 2. The van der Waals surface area contributed by atoms with Gasteiger partial charge in [0.1, 0.15) is 6.04 Å². The predicted molar refractivity (Wildman–Crippen MR) is 59.5 cm³/mol. The van der Waals surface area contributed by atoms with Gasteiger partial charge < -0.3 is 10.4 Å². The van der Waals surface area contributed by atoms with E-state index in [0.29, 0.717) is 13.0 Å². The van der Waals surface area contributed by atoms with Crippen LogP contribution >= 0.6 is 0 Å². The lowest BCUT2D eigenvalue weighted by Crippen LogP contribution is -2.35. The Labute approximate surface area is 89.4 Å². The van der Waals surface area contributed by atoms with Gasteiger partial charge in [-0.25, -0.2) is 0 Å². The fourth-order valence-corrected chi connectivity index (χ4v) is 1.28. The van der Waals surface area contributed by atoms with Gasteiger partial charge in [-0.15, -0.1) is 6.58 Å². The van der Waals surface area contributed by atoms with Crippen LogP contribution in [0.25, 0.3) is 0 Å². The highest BCUT2D eigenvalue weighted by Gasteiger charge is 2.13. The molecule has 0 fully saturated rings. The van der Waals surface area contributed by atoms with Crippen LogP contribution in [0.3, 0.4) is 0 Å². The number of rotatable bonds is 6. The second-order valence-corrected chi connectivity index (χ2v) is 3.28. The molecule has 0 spiro atoms. The average molecular weight is 205 g/mol. The molecule has 0 saturated carbocycles. The number of carboxylic acid groups (broad SMARTS) is 1. The SMILES string of the molecule is C=CC[C@H](NCc1ccccc1)C(=O)O. The molecule has 1 rings (SSSR count). The van der Waals surface area contributed by atoms with Gasteiger partial charge in [-0.05, 0) is 12.0 Å². The molecule has 0 aliphatic carbocycles. The van der Waals surface area contributed by atoms with Crippen LogP contribution in [-0.4, -0.2) is 17.1 Å². The maximum atomic E-state index is 10.8. The number of benzene rings is 1. The first kappa shape index (κ1) is 11.5. The van der Waals surface area contributed by atoms with Gasteiger partial charge in [-0.3, -0.25) is 4.79 Å². The molecule has 15 heavy (non-hydrogen) atoms. The molecule has 3 heteroatoms. The molecule has 0 unspecified atom stereocenters. The first-order chi connectivity index (χ1) is 7.24. The van der Waals surface area contributed by atoms with E-state index in [1.165, 1.54) is 0 Å². The van der Waals surface area contributed by atoms with Crippen molar-refractivity contribution in [3.05, 3.63) is 48.6 Å². The third-order valence-corrected chi connectivity index (χ3v) is 2.10. The number of nitrogens with one attached hydrogen (secondary N) is 1. The van der Waals surface area contributed by atoms with Crippen molar-refractivity contribution in [1.82, 2.24) is 5.32 Å². The maximum Gasteiger partial charge on any atom is 0.321 e. The lowest BCUT2D eigenvalue weighted by atomic mass is 10.1. The van der Waals surface area contributed by atoms with Crippen LogP contribution in [0.1, 0.15) is 12.0 Å². The smallest absolute Gasteiger partial charge is 0.321 e. The molecular weight excluding hydrogens is 190 g/mol. The normalized spacial score (nSPS) is 12.0. The third kappa shape index (κ3) is 3.95. The van der Waals surface area contributed by atoms with E-state index in [1.54, 1.807) is 6.08 Å². The van der Waals surface area contributed by atoms with Crippen molar-refractivity contribution in [2.45, 2.75) is 19.0 Å². The van der Waals surface area contributed by atoms with Gasteiger partial charge in [0.2, 0.25) is 0 Å². The maximum absolute atomic E-state index is 10.8. The van der Waals surface area contributed by atoms with Crippen LogP contribution in [0, 0.1) is 0 Å². The Kier molecular flexibility index (Phi) is 4.57. The molecule has 0 amide bonds. The fourth-order valence-electron chi connectivity index (χ4n) is 1.28. The number of carbonyl (C=O) groups is 1. The molecule has 1 aromatic rings. The first-order valence-electron chi connectivity index (χ1n) is 4.85. The van der Waals surface area contributed by atoms with Gasteiger partial charge in [-0.1, -0.05) is 36.4 Å². The van der Waals surface area contributed by atoms with Crippen LogP contribution in [0.5, 0.6) is 0 Å². The van der Waals surface area contributed by atoms with E-state index in [1.807, 2.05) is 30.3 Å². The van der Waals surface area contributed by atoms with Crippen LogP contribution < -0.4 is 5.32 Å². The van der Waals surface area contributed by atoms with Gasteiger partial charge in [-0.2, -0.15) is 0 Å². The van der Waals surface area contributed by atoms with Crippen molar-refractivity contribution in [2.24, 2.45) is 0 Å². The molecule has 0 bridgehead atoms. The van der Waals surface area contributed by atoms with Crippen molar-refractivity contribution >= 4 is 5.97 Å². The van der Waals surface area contributed by atoms with Crippen LogP contribution in [-0.2, 0) is 11.3 Å². The summed E-state index contributed by atoms with van der Waals surface area (Å²) in [6, 6.07) is 9.16. The zero-order chi connectivity index (χ0) is 11.1. The van der Waals surface area contributed by atoms with Crippen LogP contribution in [0.2, 0.25) is 0 Å². The van der Waals surface area contributed by atoms with Gasteiger partial charge in [0.15, 0.2) is 0 Å². The summed E-state index contributed by atoms with van der Waals surface area (Å²) >= 11 is 0. The minimum Gasteiger partial charge on any atom is -0.480 e. The highest BCUT2D eigenvalue weighted by molar-refractivity contribution is 5.73. The van der Waals surface area contributed by atoms with Gasteiger partial charge in [0.25, 0.3) is 0 Å². The van der Waals surface area contributed by atoms with Crippen molar-refractivity contribution in [2.75, 3.05) is 0 Å². The van der Waals surface area contributed by atoms with Crippen molar-refractivity contribution in [1.29, 1.82) is 0 Å². The minimum atomic E-state index is -0.842. The second kappa shape index (κ2) is 5.98. The summed E-state index contributed by atoms with van der Waals surface area (Å²) in [6.07, 6.45) is 2.04. The lowest BCUT2D eigenvalue weighted by Gasteiger charge is -2.12. The summed E-state index contributed by atoms with van der Waals surface area (Å²) < 4.78 is 0.